The monoisotopic (exact) mass is 314 g/mol. The van der Waals surface area contributed by atoms with Crippen LogP contribution in [0, 0.1) is 0 Å². The number of fused-ring (bicyclic) bond motifs is 1. The second-order valence-corrected chi connectivity index (χ2v) is 6.61. The molecule has 2 aromatic rings. The summed E-state index contributed by atoms with van der Waals surface area (Å²) in [5, 5.41) is 11.9. The van der Waals surface area contributed by atoms with Crippen LogP contribution in [0.4, 0.5) is 5.82 Å². The van der Waals surface area contributed by atoms with Crippen molar-refractivity contribution in [2.75, 3.05) is 25.5 Å². The molecule has 23 heavy (non-hydrogen) atoms. The fourth-order valence-corrected chi connectivity index (χ4v) is 3.74. The van der Waals surface area contributed by atoms with Crippen molar-refractivity contribution in [3.8, 4) is 0 Å². The summed E-state index contributed by atoms with van der Waals surface area (Å²) in [6, 6.07) is 2.35. The Kier molecular flexibility index (Phi) is 3.45. The number of carbonyl (C=O) groups is 1. The summed E-state index contributed by atoms with van der Waals surface area (Å²) >= 11 is 0. The molecule has 1 N–H and O–H groups in total. The van der Waals surface area contributed by atoms with E-state index in [9.17, 15) is 4.79 Å². The quantitative estimate of drug-likeness (QED) is 0.909. The fraction of sp³-hybridized carbons (Fsp3) is 0.562. The molecular weight excluding hydrogens is 292 g/mol. The van der Waals surface area contributed by atoms with E-state index in [1.165, 1.54) is 0 Å². The number of nitrogens with one attached hydrogen (secondary N) is 1. The molecule has 1 amide bonds. The first-order valence-corrected chi connectivity index (χ1v) is 8.17. The highest BCUT2D eigenvalue weighted by atomic mass is 16.1. The third-order valence-electron chi connectivity index (χ3n) is 5.10. The van der Waals surface area contributed by atoms with Gasteiger partial charge < -0.3 is 10.2 Å². The second kappa shape index (κ2) is 5.49. The zero-order valence-electron chi connectivity index (χ0n) is 13.6. The van der Waals surface area contributed by atoms with E-state index in [0.717, 1.165) is 43.0 Å². The van der Waals surface area contributed by atoms with Crippen LogP contribution in [0.1, 0.15) is 42.5 Å². The number of anilines is 1. The van der Waals surface area contributed by atoms with Crippen molar-refractivity contribution in [2.45, 2.75) is 31.2 Å². The highest BCUT2D eigenvalue weighted by Crippen LogP contribution is 2.38. The van der Waals surface area contributed by atoms with Crippen molar-refractivity contribution in [2.24, 2.45) is 7.05 Å². The van der Waals surface area contributed by atoms with Crippen LogP contribution in [0.3, 0.4) is 0 Å². The molecule has 0 bridgehead atoms. The third-order valence-corrected chi connectivity index (χ3v) is 5.10. The Balaban J connectivity index is 1.70. The van der Waals surface area contributed by atoms with Crippen LogP contribution in [0.2, 0.25) is 0 Å². The van der Waals surface area contributed by atoms with Gasteiger partial charge in [-0.1, -0.05) is 0 Å². The number of hydrogen-bond donors (Lipinski definition) is 1. The van der Waals surface area contributed by atoms with E-state index >= 15 is 0 Å². The Bertz CT molecular complexity index is 725. The van der Waals surface area contributed by atoms with Gasteiger partial charge in [0.25, 0.3) is 0 Å². The lowest BCUT2D eigenvalue weighted by atomic mass is 9.91. The lowest BCUT2D eigenvalue weighted by Crippen LogP contribution is -2.33. The molecular formula is C16H22N6O. The Hall–Kier alpha value is -2.15. The molecule has 1 unspecified atom stereocenters. The van der Waals surface area contributed by atoms with Crippen molar-refractivity contribution in [3.63, 3.8) is 0 Å². The molecule has 0 saturated carbocycles. The van der Waals surface area contributed by atoms with Gasteiger partial charge in [0.05, 0.1) is 12.2 Å². The lowest BCUT2D eigenvalue weighted by molar-refractivity contribution is -0.116. The number of piperidine rings is 1. The maximum Gasteiger partial charge on any atom is 0.226 e. The van der Waals surface area contributed by atoms with Crippen LogP contribution in [0.25, 0.3) is 0 Å². The van der Waals surface area contributed by atoms with Crippen molar-refractivity contribution in [3.05, 3.63) is 29.7 Å². The fourth-order valence-electron chi connectivity index (χ4n) is 3.74. The van der Waals surface area contributed by atoms with E-state index in [-0.39, 0.29) is 11.8 Å². The van der Waals surface area contributed by atoms with Gasteiger partial charge in [-0.15, -0.1) is 0 Å². The number of nitrogens with zero attached hydrogens (tertiary/aromatic N) is 5. The van der Waals surface area contributed by atoms with Gasteiger partial charge in [0, 0.05) is 36.8 Å². The molecule has 7 heteroatoms. The van der Waals surface area contributed by atoms with E-state index in [0.29, 0.717) is 12.5 Å². The number of amides is 1. The maximum atomic E-state index is 12.2. The zero-order chi connectivity index (χ0) is 16.0. The predicted octanol–water partition coefficient (Wildman–Crippen LogP) is 1.36. The Morgan fingerprint density at radius 2 is 2.00 bits per heavy atom. The smallest absolute Gasteiger partial charge is 0.226 e. The van der Waals surface area contributed by atoms with Gasteiger partial charge in [0.15, 0.2) is 0 Å². The minimum atomic E-state index is 0.0336. The Morgan fingerprint density at radius 3 is 2.70 bits per heavy atom. The van der Waals surface area contributed by atoms with Gasteiger partial charge in [-0.05, 0) is 39.0 Å². The summed E-state index contributed by atoms with van der Waals surface area (Å²) in [5.41, 5.74) is 2.16. The van der Waals surface area contributed by atoms with Gasteiger partial charge >= 0.3 is 0 Å². The van der Waals surface area contributed by atoms with Gasteiger partial charge in [-0.2, -0.15) is 10.2 Å². The van der Waals surface area contributed by atoms with Crippen LogP contribution in [-0.2, 0) is 11.8 Å². The minimum Gasteiger partial charge on any atom is -0.311 e. The SMILES string of the molecule is CN1CCC(n2ncc3c2NC(=O)CC3c2ccnn2C)CC1. The molecule has 122 valence electrons. The molecule has 1 saturated heterocycles. The predicted molar refractivity (Wildman–Crippen MR) is 86.3 cm³/mol. The largest absolute Gasteiger partial charge is 0.311 e. The van der Waals surface area contributed by atoms with Crippen molar-refractivity contribution < 1.29 is 4.79 Å². The third kappa shape index (κ3) is 2.45. The summed E-state index contributed by atoms with van der Waals surface area (Å²) in [6.45, 7) is 2.14. The lowest BCUT2D eigenvalue weighted by Gasteiger charge is -2.31. The molecule has 2 aliphatic heterocycles. The van der Waals surface area contributed by atoms with E-state index in [1.54, 1.807) is 6.20 Å². The Morgan fingerprint density at radius 1 is 1.22 bits per heavy atom. The van der Waals surface area contributed by atoms with Crippen LogP contribution >= 0.6 is 0 Å². The molecule has 2 aliphatic rings. The summed E-state index contributed by atoms with van der Waals surface area (Å²) < 4.78 is 3.88. The van der Waals surface area contributed by atoms with E-state index in [4.69, 9.17) is 0 Å². The topological polar surface area (TPSA) is 68.0 Å². The molecule has 4 rings (SSSR count). The highest BCUT2D eigenvalue weighted by molar-refractivity contribution is 5.94. The van der Waals surface area contributed by atoms with Crippen LogP contribution in [-0.4, -0.2) is 50.5 Å². The first-order chi connectivity index (χ1) is 11.1. The number of rotatable bonds is 2. The van der Waals surface area contributed by atoms with E-state index in [1.807, 2.05) is 28.7 Å². The van der Waals surface area contributed by atoms with Crippen molar-refractivity contribution >= 4 is 11.7 Å². The molecule has 0 spiro atoms. The second-order valence-electron chi connectivity index (χ2n) is 6.61. The Labute approximate surface area is 135 Å². The normalized spacial score (nSPS) is 22.9. The van der Waals surface area contributed by atoms with Gasteiger partial charge in [-0.25, -0.2) is 4.68 Å². The van der Waals surface area contributed by atoms with Crippen LogP contribution in [0.15, 0.2) is 18.5 Å². The first-order valence-electron chi connectivity index (χ1n) is 8.17. The van der Waals surface area contributed by atoms with Crippen LogP contribution < -0.4 is 5.32 Å². The van der Waals surface area contributed by atoms with Gasteiger partial charge in [-0.3, -0.25) is 9.48 Å². The molecule has 0 aromatic carbocycles. The number of hydrogen-bond acceptors (Lipinski definition) is 4. The molecule has 2 aromatic heterocycles. The maximum absolute atomic E-state index is 12.2. The number of aryl methyl sites for hydroxylation is 1. The number of aromatic nitrogens is 4. The van der Waals surface area contributed by atoms with Crippen LogP contribution in [0.5, 0.6) is 0 Å². The molecule has 1 fully saturated rings. The molecule has 0 radical (unpaired) electrons. The molecule has 7 nitrogen and oxygen atoms in total. The van der Waals surface area contributed by atoms with E-state index in [2.05, 4.69) is 27.5 Å². The average molecular weight is 314 g/mol. The summed E-state index contributed by atoms with van der Waals surface area (Å²) in [4.78, 5) is 14.6. The van der Waals surface area contributed by atoms with Gasteiger partial charge in [0.1, 0.15) is 5.82 Å². The molecule has 4 heterocycles. The number of likely N-dealkylation sites (tertiary alicyclic amines) is 1. The van der Waals surface area contributed by atoms with Gasteiger partial charge in [0.2, 0.25) is 5.91 Å². The molecule has 1 atom stereocenters. The molecule has 0 aliphatic carbocycles. The minimum absolute atomic E-state index is 0.0336. The first kappa shape index (κ1) is 14.4. The number of carbonyl (C=O) groups excluding carboxylic acids is 1. The van der Waals surface area contributed by atoms with Crippen molar-refractivity contribution in [1.82, 2.24) is 24.5 Å². The van der Waals surface area contributed by atoms with Crippen molar-refractivity contribution in [1.29, 1.82) is 0 Å². The summed E-state index contributed by atoms with van der Waals surface area (Å²) in [7, 11) is 4.07. The van der Waals surface area contributed by atoms with E-state index < -0.39 is 0 Å². The summed E-state index contributed by atoms with van der Waals surface area (Å²) in [6.07, 6.45) is 6.28. The average Bonchev–Trinajstić information content (AvgIpc) is 3.14. The summed E-state index contributed by atoms with van der Waals surface area (Å²) in [5.74, 6) is 0.964. The highest BCUT2D eigenvalue weighted by Gasteiger charge is 2.33. The standard InChI is InChI=1S/C16H22N6O/c1-20-7-4-11(5-8-20)22-16-13(10-18-22)12(9-15(23)19-16)14-3-6-17-21(14)2/h3,6,10-12H,4-5,7-9H2,1-2H3,(H,19,23). The zero-order valence-corrected chi connectivity index (χ0v) is 13.6.